The van der Waals surface area contributed by atoms with E-state index in [1.807, 2.05) is 0 Å². The largest absolute Gasteiger partial charge is 0.508 e. The van der Waals surface area contributed by atoms with Gasteiger partial charge in [-0.15, -0.1) is 0 Å². The van der Waals surface area contributed by atoms with Crippen LogP contribution in [-0.2, 0) is 9.47 Å². The van der Waals surface area contributed by atoms with Crippen LogP contribution in [0.4, 0.5) is 4.79 Å². The maximum atomic E-state index is 11.8. The predicted molar refractivity (Wildman–Crippen MR) is 112 cm³/mol. The van der Waals surface area contributed by atoms with Gasteiger partial charge in [-0.1, -0.05) is 92.9 Å². The molecule has 0 aromatic carbocycles. The van der Waals surface area contributed by atoms with Crippen LogP contribution in [0, 0.1) is 10.8 Å². The van der Waals surface area contributed by atoms with E-state index < -0.39 is 6.16 Å². The van der Waals surface area contributed by atoms with Crippen LogP contribution in [0.2, 0.25) is 0 Å². The second-order valence-corrected chi connectivity index (χ2v) is 9.40. The monoisotopic (exact) mass is 370 g/mol. The van der Waals surface area contributed by atoms with Gasteiger partial charge in [0.05, 0.1) is 13.2 Å². The van der Waals surface area contributed by atoms with Crippen LogP contribution in [0.25, 0.3) is 0 Å². The summed E-state index contributed by atoms with van der Waals surface area (Å²) in [6.07, 6.45) is 14.0. The summed E-state index contributed by atoms with van der Waals surface area (Å²) < 4.78 is 10.5. The summed E-state index contributed by atoms with van der Waals surface area (Å²) in [5, 5.41) is 0. The Hall–Kier alpha value is -0.730. The van der Waals surface area contributed by atoms with Crippen LogP contribution < -0.4 is 0 Å². The summed E-state index contributed by atoms with van der Waals surface area (Å²) in [6.45, 7) is 14.4. The highest BCUT2D eigenvalue weighted by atomic mass is 16.7. The first-order chi connectivity index (χ1) is 12.2. The average molecular weight is 371 g/mol. The van der Waals surface area contributed by atoms with Gasteiger partial charge in [-0.05, 0) is 36.5 Å². The number of carbonyl (C=O) groups is 1. The van der Waals surface area contributed by atoms with Crippen molar-refractivity contribution in [2.75, 3.05) is 13.2 Å². The molecular formula is C23H46O3. The number of hydrogen-bond acceptors (Lipinski definition) is 3. The molecule has 3 nitrogen and oxygen atoms in total. The SMILES string of the molecule is CCCCCCC(C)(C)CCOC(=O)OCCC(C)(C)CCCCCC. The number of ether oxygens (including phenoxy) is 2. The van der Waals surface area contributed by atoms with Gasteiger partial charge in [0.2, 0.25) is 0 Å². The molecule has 0 aliphatic carbocycles. The van der Waals surface area contributed by atoms with Gasteiger partial charge in [0.25, 0.3) is 0 Å². The van der Waals surface area contributed by atoms with E-state index >= 15 is 0 Å². The second-order valence-electron chi connectivity index (χ2n) is 9.40. The van der Waals surface area contributed by atoms with Crippen LogP contribution in [0.5, 0.6) is 0 Å². The molecule has 0 radical (unpaired) electrons. The molecule has 0 N–H and O–H groups in total. The number of unbranched alkanes of at least 4 members (excludes halogenated alkanes) is 6. The minimum absolute atomic E-state index is 0.231. The molecule has 0 aromatic heterocycles. The highest BCUT2D eigenvalue weighted by molar-refractivity contribution is 5.59. The van der Waals surface area contributed by atoms with E-state index in [9.17, 15) is 4.79 Å². The van der Waals surface area contributed by atoms with E-state index in [1.54, 1.807) is 0 Å². The summed E-state index contributed by atoms with van der Waals surface area (Å²) in [5.41, 5.74) is 0.461. The highest BCUT2D eigenvalue weighted by Gasteiger charge is 2.20. The lowest BCUT2D eigenvalue weighted by Crippen LogP contribution is -2.19. The lowest BCUT2D eigenvalue weighted by molar-refractivity contribution is 0.0388. The van der Waals surface area contributed by atoms with Gasteiger partial charge in [0, 0.05) is 0 Å². The molecule has 0 aliphatic heterocycles. The molecule has 0 atom stereocenters. The third kappa shape index (κ3) is 15.5. The van der Waals surface area contributed by atoms with Crippen molar-refractivity contribution in [2.24, 2.45) is 10.8 Å². The van der Waals surface area contributed by atoms with Crippen LogP contribution in [0.1, 0.15) is 119 Å². The molecule has 0 rings (SSSR count). The number of rotatable bonds is 16. The molecule has 3 heteroatoms. The number of hydrogen-bond donors (Lipinski definition) is 0. The molecule has 0 saturated carbocycles. The van der Waals surface area contributed by atoms with Crippen LogP contribution in [-0.4, -0.2) is 19.4 Å². The van der Waals surface area contributed by atoms with Crippen LogP contribution in [0.15, 0.2) is 0 Å². The summed E-state index contributed by atoms with van der Waals surface area (Å²) in [7, 11) is 0. The van der Waals surface area contributed by atoms with E-state index in [-0.39, 0.29) is 10.8 Å². The van der Waals surface area contributed by atoms with Crippen molar-refractivity contribution in [3.8, 4) is 0 Å². The van der Waals surface area contributed by atoms with Crippen LogP contribution >= 0.6 is 0 Å². The summed E-state index contributed by atoms with van der Waals surface area (Å²) in [6, 6.07) is 0. The minimum Gasteiger partial charge on any atom is -0.434 e. The molecule has 0 spiro atoms. The number of carbonyl (C=O) groups excluding carboxylic acids is 1. The molecule has 26 heavy (non-hydrogen) atoms. The Morgan fingerprint density at radius 1 is 0.615 bits per heavy atom. The van der Waals surface area contributed by atoms with Gasteiger partial charge >= 0.3 is 6.16 Å². The molecule has 0 fully saturated rings. The minimum atomic E-state index is -0.506. The third-order valence-electron chi connectivity index (χ3n) is 5.41. The average Bonchev–Trinajstić information content (AvgIpc) is 2.55. The summed E-state index contributed by atoms with van der Waals surface area (Å²) in [4.78, 5) is 11.8. The fourth-order valence-electron chi connectivity index (χ4n) is 3.17. The molecular weight excluding hydrogens is 324 g/mol. The highest BCUT2D eigenvalue weighted by Crippen LogP contribution is 2.29. The van der Waals surface area contributed by atoms with Crippen molar-refractivity contribution in [3.05, 3.63) is 0 Å². The van der Waals surface area contributed by atoms with E-state index in [0.717, 1.165) is 12.8 Å². The predicted octanol–water partition coefficient (Wildman–Crippen LogP) is 7.91. The molecule has 156 valence electrons. The molecule has 0 aromatic rings. The lowest BCUT2D eigenvalue weighted by atomic mass is 9.84. The molecule has 0 saturated heterocycles. The third-order valence-corrected chi connectivity index (χ3v) is 5.41. The standard InChI is InChI=1S/C23H46O3/c1-7-9-11-13-15-22(3,4)17-19-25-21(24)26-20-18-23(5,6)16-14-12-10-8-2/h7-20H2,1-6H3. The first-order valence-corrected chi connectivity index (χ1v) is 11.0. The molecule has 0 heterocycles. The smallest absolute Gasteiger partial charge is 0.434 e. The molecule has 0 unspecified atom stereocenters. The summed E-state index contributed by atoms with van der Waals surface area (Å²) in [5.74, 6) is 0. The van der Waals surface area contributed by atoms with Crippen molar-refractivity contribution < 1.29 is 14.3 Å². The second kappa shape index (κ2) is 14.3. The van der Waals surface area contributed by atoms with Crippen molar-refractivity contribution in [1.82, 2.24) is 0 Å². The van der Waals surface area contributed by atoms with Gasteiger partial charge in [-0.2, -0.15) is 0 Å². The Kier molecular flexibility index (Phi) is 13.9. The van der Waals surface area contributed by atoms with Gasteiger partial charge in [0.1, 0.15) is 0 Å². The Bertz CT molecular complexity index is 315. The van der Waals surface area contributed by atoms with Crippen molar-refractivity contribution in [3.63, 3.8) is 0 Å². The van der Waals surface area contributed by atoms with Gasteiger partial charge in [-0.25, -0.2) is 4.79 Å². The quantitative estimate of drug-likeness (QED) is 0.204. The Balaban J connectivity index is 3.78. The Morgan fingerprint density at radius 3 is 1.35 bits per heavy atom. The maximum absolute atomic E-state index is 11.8. The van der Waals surface area contributed by atoms with Crippen LogP contribution in [0.3, 0.4) is 0 Å². The van der Waals surface area contributed by atoms with Gasteiger partial charge in [0.15, 0.2) is 0 Å². The van der Waals surface area contributed by atoms with Gasteiger partial charge in [-0.3, -0.25) is 0 Å². The normalized spacial score (nSPS) is 12.2. The first-order valence-electron chi connectivity index (χ1n) is 11.0. The molecule has 0 aliphatic rings. The maximum Gasteiger partial charge on any atom is 0.508 e. The van der Waals surface area contributed by atoms with E-state index in [1.165, 1.54) is 64.2 Å². The van der Waals surface area contributed by atoms with Gasteiger partial charge < -0.3 is 9.47 Å². The molecule has 0 bridgehead atoms. The topological polar surface area (TPSA) is 35.5 Å². The zero-order chi connectivity index (χ0) is 19.9. The Labute approximate surface area is 163 Å². The van der Waals surface area contributed by atoms with Crippen molar-refractivity contribution in [2.45, 2.75) is 119 Å². The van der Waals surface area contributed by atoms with Crippen molar-refractivity contribution >= 4 is 6.16 Å². The Morgan fingerprint density at radius 2 is 1.00 bits per heavy atom. The fourth-order valence-corrected chi connectivity index (χ4v) is 3.17. The zero-order valence-electron chi connectivity index (χ0n) is 18.6. The zero-order valence-corrected chi connectivity index (χ0v) is 18.6. The first kappa shape index (κ1) is 25.3. The lowest BCUT2D eigenvalue weighted by Gasteiger charge is -2.25. The molecule has 0 amide bonds. The fraction of sp³-hybridized carbons (Fsp3) is 0.957. The van der Waals surface area contributed by atoms with E-state index in [2.05, 4.69) is 41.5 Å². The van der Waals surface area contributed by atoms with Crippen molar-refractivity contribution in [1.29, 1.82) is 0 Å². The summed E-state index contributed by atoms with van der Waals surface area (Å²) >= 11 is 0. The van der Waals surface area contributed by atoms with E-state index in [4.69, 9.17) is 9.47 Å². The van der Waals surface area contributed by atoms with E-state index in [0.29, 0.717) is 13.2 Å².